The van der Waals surface area contributed by atoms with E-state index >= 15 is 0 Å². The van der Waals surface area contributed by atoms with Crippen LogP contribution in [0.4, 0.5) is 0 Å². The Morgan fingerprint density at radius 3 is 1.80 bits per heavy atom. The van der Waals surface area contributed by atoms with Crippen molar-refractivity contribution in [3.05, 3.63) is 194 Å². The summed E-state index contributed by atoms with van der Waals surface area (Å²) in [5.74, 6) is 0.653. The number of fused-ring (bicyclic) bond motifs is 10. The summed E-state index contributed by atoms with van der Waals surface area (Å²) in [7, 11) is 0. The van der Waals surface area contributed by atoms with E-state index in [1.54, 1.807) is 0 Å². The second-order valence-electron chi connectivity index (χ2n) is 14.6. The highest BCUT2D eigenvalue weighted by atomic mass is 15.2. The second kappa shape index (κ2) is 12.0. The van der Waals surface area contributed by atoms with E-state index < -0.39 is 0 Å². The third-order valence-corrected chi connectivity index (χ3v) is 11.5. The molecule has 260 valence electrons. The van der Waals surface area contributed by atoms with Gasteiger partial charge in [0.25, 0.3) is 0 Å². The van der Waals surface area contributed by atoms with Crippen LogP contribution < -0.4 is 0 Å². The first-order valence-corrected chi connectivity index (χ1v) is 19.1. The first-order chi connectivity index (χ1) is 27.8. The van der Waals surface area contributed by atoms with Gasteiger partial charge < -0.3 is 4.57 Å². The van der Waals surface area contributed by atoms with Gasteiger partial charge in [-0.15, -0.1) is 0 Å². The van der Waals surface area contributed by atoms with Gasteiger partial charge in [-0.05, 0) is 81.2 Å². The summed E-state index contributed by atoms with van der Waals surface area (Å²) < 4.78 is 4.65. The molecule has 0 radical (unpaired) electrons. The van der Waals surface area contributed by atoms with Gasteiger partial charge in [0.15, 0.2) is 0 Å². The van der Waals surface area contributed by atoms with Crippen LogP contribution in [0.2, 0.25) is 0 Å². The zero-order valence-electron chi connectivity index (χ0n) is 30.3. The number of aromatic nitrogens is 4. The number of hydrogen-bond donors (Lipinski definition) is 0. The molecule has 56 heavy (non-hydrogen) atoms. The van der Waals surface area contributed by atoms with Crippen molar-refractivity contribution in [3.8, 4) is 34.0 Å². The average Bonchev–Trinajstić information content (AvgIpc) is 3.78. The van der Waals surface area contributed by atoms with Gasteiger partial charge in [-0.25, -0.2) is 9.97 Å². The van der Waals surface area contributed by atoms with E-state index in [1.807, 2.05) is 0 Å². The lowest BCUT2D eigenvalue weighted by Crippen LogP contribution is -2.03. The molecule has 0 spiro atoms. The fourth-order valence-corrected chi connectivity index (χ4v) is 9.08. The predicted molar refractivity (Wildman–Crippen MR) is 234 cm³/mol. The van der Waals surface area contributed by atoms with Crippen molar-refractivity contribution in [2.24, 2.45) is 0 Å². The van der Waals surface area contributed by atoms with E-state index in [0.29, 0.717) is 5.95 Å². The number of benzene rings is 9. The SMILES string of the molecule is c1ccc(-n2c3ccccc3c3cc(-c4cc5c(c6ccccc46)c4ccccc4n5-c4nc(-c5cccc6ccccc56)c5ccccc5n4)ccc32)cc1. The van der Waals surface area contributed by atoms with Gasteiger partial charge in [0.2, 0.25) is 5.95 Å². The van der Waals surface area contributed by atoms with E-state index in [2.05, 4.69) is 203 Å². The van der Waals surface area contributed by atoms with E-state index in [4.69, 9.17) is 9.97 Å². The Balaban J connectivity index is 1.17. The molecule has 0 bridgehead atoms. The topological polar surface area (TPSA) is 35.6 Å². The predicted octanol–water partition coefficient (Wildman–Crippen LogP) is 13.5. The Labute approximate surface area is 322 Å². The fraction of sp³-hybridized carbons (Fsp3) is 0. The number of rotatable bonds is 4. The Kier molecular flexibility index (Phi) is 6.60. The van der Waals surface area contributed by atoms with Crippen molar-refractivity contribution in [1.82, 2.24) is 19.1 Å². The Morgan fingerprint density at radius 1 is 0.339 bits per heavy atom. The molecule has 0 amide bonds. The van der Waals surface area contributed by atoms with Crippen LogP contribution in [0.15, 0.2) is 194 Å². The minimum absolute atomic E-state index is 0.653. The molecule has 0 N–H and O–H groups in total. The highest BCUT2D eigenvalue weighted by Crippen LogP contribution is 2.43. The number of hydrogen-bond acceptors (Lipinski definition) is 2. The summed E-state index contributed by atoms with van der Waals surface area (Å²) in [6.45, 7) is 0. The second-order valence-corrected chi connectivity index (χ2v) is 14.6. The van der Waals surface area contributed by atoms with Crippen molar-refractivity contribution < 1.29 is 0 Å². The van der Waals surface area contributed by atoms with Crippen molar-refractivity contribution >= 4 is 76.1 Å². The quantitative estimate of drug-likeness (QED) is 0.182. The van der Waals surface area contributed by atoms with Gasteiger partial charge in [-0.2, -0.15) is 0 Å². The van der Waals surface area contributed by atoms with E-state index in [-0.39, 0.29) is 0 Å². The molecule has 12 aromatic rings. The average molecular weight is 713 g/mol. The van der Waals surface area contributed by atoms with Crippen molar-refractivity contribution in [3.63, 3.8) is 0 Å². The molecular weight excluding hydrogens is 681 g/mol. The maximum atomic E-state index is 5.50. The van der Waals surface area contributed by atoms with Crippen LogP contribution in [0.3, 0.4) is 0 Å². The van der Waals surface area contributed by atoms with Crippen LogP contribution in [-0.4, -0.2) is 19.1 Å². The summed E-state index contributed by atoms with van der Waals surface area (Å²) in [4.78, 5) is 10.8. The number of para-hydroxylation sites is 4. The van der Waals surface area contributed by atoms with Gasteiger partial charge in [-0.3, -0.25) is 4.57 Å². The molecule has 4 heteroatoms. The van der Waals surface area contributed by atoms with Gasteiger partial charge in [0.1, 0.15) is 0 Å². The Morgan fingerprint density at radius 2 is 0.964 bits per heavy atom. The zero-order chi connectivity index (χ0) is 36.7. The maximum Gasteiger partial charge on any atom is 0.235 e. The molecule has 0 fully saturated rings. The van der Waals surface area contributed by atoms with Gasteiger partial charge in [0.05, 0.1) is 33.3 Å². The van der Waals surface area contributed by atoms with Crippen LogP contribution in [-0.2, 0) is 0 Å². The van der Waals surface area contributed by atoms with E-state index in [1.165, 1.54) is 65.3 Å². The molecular formula is C52H32N4. The molecule has 0 aliphatic carbocycles. The van der Waals surface area contributed by atoms with Crippen LogP contribution in [0, 0.1) is 0 Å². The lowest BCUT2D eigenvalue weighted by Gasteiger charge is -2.14. The molecule has 4 nitrogen and oxygen atoms in total. The largest absolute Gasteiger partial charge is 0.309 e. The van der Waals surface area contributed by atoms with Crippen LogP contribution in [0.25, 0.3) is 110 Å². The highest BCUT2D eigenvalue weighted by Gasteiger charge is 2.22. The van der Waals surface area contributed by atoms with Gasteiger partial charge in [-0.1, -0.05) is 146 Å². The summed E-state index contributed by atoms with van der Waals surface area (Å²) in [5, 5.41) is 10.6. The number of nitrogens with zero attached hydrogens (tertiary/aromatic N) is 4. The summed E-state index contributed by atoms with van der Waals surface area (Å²) in [6.07, 6.45) is 0. The summed E-state index contributed by atoms with van der Waals surface area (Å²) in [6, 6.07) is 69.6. The zero-order valence-corrected chi connectivity index (χ0v) is 30.3. The third-order valence-electron chi connectivity index (χ3n) is 11.5. The molecule has 0 saturated heterocycles. The highest BCUT2D eigenvalue weighted by molar-refractivity contribution is 6.24. The minimum atomic E-state index is 0.653. The van der Waals surface area contributed by atoms with Crippen LogP contribution >= 0.6 is 0 Å². The molecule has 9 aromatic carbocycles. The molecule has 0 saturated carbocycles. The van der Waals surface area contributed by atoms with Crippen LogP contribution in [0.1, 0.15) is 0 Å². The van der Waals surface area contributed by atoms with E-state index in [0.717, 1.165) is 38.9 Å². The van der Waals surface area contributed by atoms with Gasteiger partial charge in [0, 0.05) is 38.2 Å². The normalized spacial score (nSPS) is 11.9. The van der Waals surface area contributed by atoms with Gasteiger partial charge >= 0.3 is 0 Å². The van der Waals surface area contributed by atoms with Crippen molar-refractivity contribution in [2.75, 3.05) is 0 Å². The third kappa shape index (κ3) is 4.47. The molecule has 0 atom stereocenters. The van der Waals surface area contributed by atoms with Crippen molar-refractivity contribution in [1.29, 1.82) is 0 Å². The fourth-order valence-electron chi connectivity index (χ4n) is 9.08. The standard InChI is InChI=1S/C52H32N4/c1-2-17-35(18-3-1)55-46-27-12-9-21-38(46)44-31-34(29-30-48(44)55)43-32-49-50(39-22-7-6-20-37(39)43)42-24-10-13-28-47(42)56(49)52-53-45-26-11-8-23-41(45)51(54-52)40-25-14-16-33-15-4-5-19-36(33)40/h1-32H. The first kappa shape index (κ1) is 30.9. The lowest BCUT2D eigenvalue weighted by atomic mass is 9.94. The molecule has 0 aliphatic heterocycles. The minimum Gasteiger partial charge on any atom is -0.309 e. The Hall–Kier alpha value is -7.56. The Bertz CT molecular complexity index is 3530. The maximum absolute atomic E-state index is 5.50. The summed E-state index contributed by atoms with van der Waals surface area (Å²) in [5.41, 5.74) is 11.0. The molecule has 3 heterocycles. The van der Waals surface area contributed by atoms with Crippen LogP contribution in [0.5, 0.6) is 0 Å². The summed E-state index contributed by atoms with van der Waals surface area (Å²) >= 11 is 0. The van der Waals surface area contributed by atoms with E-state index in [9.17, 15) is 0 Å². The lowest BCUT2D eigenvalue weighted by molar-refractivity contribution is 1.01. The monoisotopic (exact) mass is 712 g/mol. The molecule has 3 aromatic heterocycles. The molecule has 0 aliphatic rings. The first-order valence-electron chi connectivity index (χ1n) is 19.1. The van der Waals surface area contributed by atoms with Crippen molar-refractivity contribution in [2.45, 2.75) is 0 Å². The smallest absolute Gasteiger partial charge is 0.235 e. The molecule has 12 rings (SSSR count). The molecule has 0 unspecified atom stereocenters.